The zero-order valence-electron chi connectivity index (χ0n) is 17.2. The third-order valence-electron chi connectivity index (χ3n) is 5.62. The summed E-state index contributed by atoms with van der Waals surface area (Å²) in [6.45, 7) is 0.250. The molecule has 5 nitrogen and oxygen atoms in total. The molecule has 32 heavy (non-hydrogen) atoms. The van der Waals surface area contributed by atoms with Crippen molar-refractivity contribution in [1.82, 2.24) is 4.90 Å². The van der Waals surface area contributed by atoms with Crippen molar-refractivity contribution < 1.29 is 19.1 Å². The van der Waals surface area contributed by atoms with Crippen molar-refractivity contribution in [3.63, 3.8) is 0 Å². The SMILES string of the molecule is O=C(OCc1cccc2ccccc12)c1cccc(CN2C(=O)c3ccccc3C2=O)c1. The smallest absolute Gasteiger partial charge is 0.338 e. The van der Waals surface area contributed by atoms with Gasteiger partial charge < -0.3 is 4.74 Å². The molecule has 0 radical (unpaired) electrons. The van der Waals surface area contributed by atoms with Gasteiger partial charge in [-0.3, -0.25) is 14.5 Å². The third-order valence-corrected chi connectivity index (χ3v) is 5.62. The average Bonchev–Trinajstić information content (AvgIpc) is 3.07. The normalized spacial score (nSPS) is 12.8. The van der Waals surface area contributed by atoms with E-state index in [-0.39, 0.29) is 25.0 Å². The molecule has 4 aromatic carbocycles. The van der Waals surface area contributed by atoms with E-state index in [1.54, 1.807) is 48.5 Å². The van der Waals surface area contributed by atoms with Gasteiger partial charge in [0.15, 0.2) is 0 Å². The summed E-state index contributed by atoms with van der Waals surface area (Å²) in [6.07, 6.45) is 0. The minimum absolute atomic E-state index is 0.0940. The summed E-state index contributed by atoms with van der Waals surface area (Å²) in [4.78, 5) is 39.1. The first-order valence-corrected chi connectivity index (χ1v) is 10.3. The first kappa shape index (κ1) is 19.7. The number of fused-ring (bicyclic) bond motifs is 2. The molecule has 5 heteroatoms. The van der Waals surface area contributed by atoms with Crippen molar-refractivity contribution in [3.8, 4) is 0 Å². The van der Waals surface area contributed by atoms with Gasteiger partial charge in [-0.05, 0) is 46.2 Å². The Morgan fingerprint density at radius 3 is 2.19 bits per heavy atom. The molecule has 5 rings (SSSR count). The first-order valence-electron chi connectivity index (χ1n) is 10.3. The summed E-state index contributed by atoms with van der Waals surface area (Å²) in [6, 6.07) is 27.4. The van der Waals surface area contributed by atoms with Gasteiger partial charge >= 0.3 is 5.97 Å². The van der Waals surface area contributed by atoms with Gasteiger partial charge in [0.2, 0.25) is 0 Å². The van der Waals surface area contributed by atoms with Crippen LogP contribution >= 0.6 is 0 Å². The maximum Gasteiger partial charge on any atom is 0.338 e. The number of hydrogen-bond acceptors (Lipinski definition) is 4. The molecule has 0 fully saturated rings. The van der Waals surface area contributed by atoms with E-state index in [9.17, 15) is 14.4 Å². The number of ether oxygens (including phenoxy) is 1. The lowest BCUT2D eigenvalue weighted by Gasteiger charge is -2.14. The number of nitrogens with zero attached hydrogens (tertiary/aromatic N) is 1. The monoisotopic (exact) mass is 421 g/mol. The fourth-order valence-electron chi connectivity index (χ4n) is 4.01. The Balaban J connectivity index is 1.30. The van der Waals surface area contributed by atoms with E-state index in [1.165, 1.54) is 4.90 Å². The van der Waals surface area contributed by atoms with Gasteiger partial charge in [0, 0.05) is 0 Å². The molecule has 1 heterocycles. The second-order valence-corrected chi connectivity index (χ2v) is 7.66. The predicted octanol–water partition coefficient (Wildman–Crippen LogP) is 4.99. The average molecular weight is 421 g/mol. The highest BCUT2D eigenvalue weighted by atomic mass is 16.5. The van der Waals surface area contributed by atoms with E-state index >= 15 is 0 Å². The van der Waals surface area contributed by atoms with Crippen molar-refractivity contribution >= 4 is 28.6 Å². The van der Waals surface area contributed by atoms with Crippen LogP contribution in [0.25, 0.3) is 10.8 Å². The zero-order valence-corrected chi connectivity index (χ0v) is 17.2. The number of carbonyl (C=O) groups excluding carboxylic acids is 3. The predicted molar refractivity (Wildman–Crippen MR) is 120 cm³/mol. The van der Waals surface area contributed by atoms with E-state index in [4.69, 9.17) is 4.74 Å². The molecule has 0 saturated carbocycles. The van der Waals surface area contributed by atoms with Crippen LogP contribution in [0.15, 0.2) is 91.0 Å². The number of imide groups is 1. The number of hydrogen-bond donors (Lipinski definition) is 0. The minimum Gasteiger partial charge on any atom is -0.457 e. The van der Waals surface area contributed by atoms with Crippen molar-refractivity contribution in [3.05, 3.63) is 119 Å². The fraction of sp³-hybridized carbons (Fsp3) is 0.0741. The highest BCUT2D eigenvalue weighted by Crippen LogP contribution is 2.25. The topological polar surface area (TPSA) is 63.7 Å². The molecule has 0 atom stereocenters. The fourth-order valence-corrected chi connectivity index (χ4v) is 4.01. The van der Waals surface area contributed by atoms with Gasteiger partial charge in [-0.2, -0.15) is 0 Å². The third kappa shape index (κ3) is 3.54. The van der Waals surface area contributed by atoms with Crippen LogP contribution in [0.3, 0.4) is 0 Å². The van der Waals surface area contributed by atoms with Gasteiger partial charge in [0.25, 0.3) is 11.8 Å². The number of amides is 2. The molecule has 4 aromatic rings. The highest BCUT2D eigenvalue weighted by Gasteiger charge is 2.35. The zero-order chi connectivity index (χ0) is 22.1. The Bertz CT molecular complexity index is 1330. The molecule has 0 aliphatic carbocycles. The summed E-state index contributed by atoms with van der Waals surface area (Å²) in [5.41, 5.74) is 2.79. The largest absolute Gasteiger partial charge is 0.457 e. The van der Waals surface area contributed by atoms with Crippen molar-refractivity contribution in [2.75, 3.05) is 0 Å². The molecule has 0 saturated heterocycles. The Morgan fingerprint density at radius 2 is 1.41 bits per heavy atom. The molecule has 0 N–H and O–H groups in total. The molecular formula is C27H19NO4. The van der Waals surface area contributed by atoms with Crippen LogP contribution < -0.4 is 0 Å². The lowest BCUT2D eigenvalue weighted by molar-refractivity contribution is 0.0474. The summed E-state index contributed by atoms with van der Waals surface area (Å²) in [5, 5.41) is 2.13. The lowest BCUT2D eigenvalue weighted by Crippen LogP contribution is -2.29. The van der Waals surface area contributed by atoms with Crippen molar-refractivity contribution in [2.24, 2.45) is 0 Å². The van der Waals surface area contributed by atoms with E-state index in [1.807, 2.05) is 42.5 Å². The molecule has 2 amide bonds. The Kier molecular flexibility index (Phi) is 5.00. The van der Waals surface area contributed by atoms with Gasteiger partial charge in [-0.25, -0.2) is 4.79 Å². The number of benzene rings is 4. The summed E-state index contributed by atoms with van der Waals surface area (Å²) < 4.78 is 5.55. The minimum atomic E-state index is -0.456. The van der Waals surface area contributed by atoms with Gasteiger partial charge in [-0.15, -0.1) is 0 Å². The Labute approximate surface area is 184 Å². The maximum atomic E-state index is 12.7. The van der Waals surface area contributed by atoms with Crippen molar-refractivity contribution in [1.29, 1.82) is 0 Å². The number of carbonyl (C=O) groups is 3. The van der Waals surface area contributed by atoms with Crippen LogP contribution in [0, 0.1) is 0 Å². The van der Waals surface area contributed by atoms with Crippen LogP contribution in [-0.2, 0) is 17.9 Å². The van der Waals surface area contributed by atoms with Gasteiger partial charge in [-0.1, -0.05) is 66.7 Å². The van der Waals surface area contributed by atoms with Gasteiger partial charge in [0.05, 0.1) is 23.2 Å². The van der Waals surface area contributed by atoms with E-state index < -0.39 is 5.97 Å². The molecule has 0 aromatic heterocycles. The molecular weight excluding hydrogens is 402 g/mol. The van der Waals surface area contributed by atoms with E-state index in [0.717, 1.165) is 16.3 Å². The highest BCUT2D eigenvalue weighted by molar-refractivity contribution is 6.21. The molecule has 0 bridgehead atoms. The van der Waals surface area contributed by atoms with E-state index in [2.05, 4.69) is 0 Å². The van der Waals surface area contributed by atoms with Crippen LogP contribution in [-0.4, -0.2) is 22.7 Å². The van der Waals surface area contributed by atoms with Crippen LogP contribution in [0.4, 0.5) is 0 Å². The van der Waals surface area contributed by atoms with Crippen LogP contribution in [0.5, 0.6) is 0 Å². The molecule has 1 aliphatic heterocycles. The Hall–Kier alpha value is -4.25. The Morgan fingerprint density at radius 1 is 0.750 bits per heavy atom. The first-order chi connectivity index (χ1) is 15.6. The maximum absolute atomic E-state index is 12.7. The summed E-state index contributed by atoms with van der Waals surface area (Å²) in [7, 11) is 0. The second-order valence-electron chi connectivity index (χ2n) is 7.66. The molecule has 0 unspecified atom stereocenters. The second kappa shape index (κ2) is 8.12. The molecule has 0 spiro atoms. The quantitative estimate of drug-likeness (QED) is 0.336. The summed E-state index contributed by atoms with van der Waals surface area (Å²) >= 11 is 0. The standard InChI is InChI=1S/C27H19NO4/c29-25-23-13-3-4-14-24(23)26(30)28(25)16-18-7-5-10-20(15-18)27(31)32-17-21-11-6-9-19-8-1-2-12-22(19)21/h1-15H,16-17H2. The van der Waals surface area contributed by atoms with Crippen molar-refractivity contribution in [2.45, 2.75) is 13.2 Å². The van der Waals surface area contributed by atoms with Crippen LogP contribution in [0.2, 0.25) is 0 Å². The molecule has 1 aliphatic rings. The molecule has 156 valence electrons. The van der Waals surface area contributed by atoms with Gasteiger partial charge in [0.1, 0.15) is 6.61 Å². The number of esters is 1. The number of rotatable bonds is 5. The lowest BCUT2D eigenvalue weighted by atomic mass is 10.1. The van der Waals surface area contributed by atoms with E-state index in [0.29, 0.717) is 22.3 Å². The summed E-state index contributed by atoms with van der Waals surface area (Å²) in [5.74, 6) is -1.11. The van der Waals surface area contributed by atoms with Crippen LogP contribution in [0.1, 0.15) is 42.2 Å².